The van der Waals surface area contributed by atoms with Gasteiger partial charge < -0.3 is 4.43 Å². The Morgan fingerprint density at radius 3 is 2.29 bits per heavy atom. The molecule has 0 amide bonds. The first-order valence-corrected chi connectivity index (χ1v) is 8.84. The second kappa shape index (κ2) is 4.71. The molecule has 17 heavy (non-hydrogen) atoms. The fourth-order valence-electron chi connectivity index (χ4n) is 1.13. The molecule has 0 atom stereocenters. The molecule has 0 saturated carbocycles. The second-order valence-electron chi connectivity index (χ2n) is 5.65. The third-order valence-corrected chi connectivity index (χ3v) is 7.76. The van der Waals surface area contributed by atoms with Crippen LogP contribution in [0.25, 0.3) is 0 Å². The Morgan fingerprint density at radius 1 is 1.24 bits per heavy atom. The fraction of sp³-hybridized carbons (Fsp3) is 0.462. The summed E-state index contributed by atoms with van der Waals surface area (Å²) >= 11 is 5.96. The Morgan fingerprint density at radius 2 is 1.82 bits per heavy atom. The highest BCUT2D eigenvalue weighted by molar-refractivity contribution is 6.74. The summed E-state index contributed by atoms with van der Waals surface area (Å²) < 4.78 is 6.09. The molecule has 0 aliphatic rings. The molecule has 0 unspecified atom stereocenters. The fourth-order valence-corrected chi connectivity index (χ4v) is 2.37. The molecule has 1 aromatic carbocycles. The number of nitriles is 1. The summed E-state index contributed by atoms with van der Waals surface area (Å²) in [6.07, 6.45) is 0. The van der Waals surface area contributed by atoms with Crippen molar-refractivity contribution in [3.05, 3.63) is 28.8 Å². The summed E-state index contributed by atoms with van der Waals surface area (Å²) in [5.74, 6) is 0.695. The molecule has 0 heterocycles. The van der Waals surface area contributed by atoms with E-state index in [4.69, 9.17) is 21.3 Å². The van der Waals surface area contributed by atoms with Crippen LogP contribution >= 0.6 is 11.6 Å². The van der Waals surface area contributed by atoms with E-state index in [9.17, 15) is 0 Å². The van der Waals surface area contributed by atoms with Gasteiger partial charge in [-0.2, -0.15) is 5.26 Å². The maximum atomic E-state index is 8.89. The average Bonchev–Trinajstić information content (AvgIpc) is 2.14. The monoisotopic (exact) mass is 267 g/mol. The summed E-state index contributed by atoms with van der Waals surface area (Å²) in [6.45, 7) is 10.9. The van der Waals surface area contributed by atoms with E-state index in [0.717, 1.165) is 0 Å². The van der Waals surface area contributed by atoms with Crippen molar-refractivity contribution in [1.82, 2.24) is 0 Å². The average molecular weight is 268 g/mol. The minimum Gasteiger partial charge on any atom is -0.543 e. The standard InChI is InChI=1S/C13H18ClNOSi/c1-13(2,3)17(4,5)16-12-7-10(9-15)6-11(14)8-12/h6-8H,1-5H3. The quantitative estimate of drug-likeness (QED) is 0.734. The molecule has 0 fully saturated rings. The smallest absolute Gasteiger partial charge is 0.250 e. The van der Waals surface area contributed by atoms with Gasteiger partial charge in [-0.25, -0.2) is 0 Å². The molecule has 0 aromatic heterocycles. The minimum absolute atomic E-state index is 0.127. The maximum absolute atomic E-state index is 8.89. The molecule has 0 spiro atoms. The highest BCUT2D eigenvalue weighted by atomic mass is 35.5. The molecule has 1 rings (SSSR count). The lowest BCUT2D eigenvalue weighted by molar-refractivity contribution is 0.492. The van der Waals surface area contributed by atoms with Gasteiger partial charge in [-0.3, -0.25) is 0 Å². The van der Waals surface area contributed by atoms with E-state index in [1.165, 1.54) is 0 Å². The zero-order valence-corrected chi connectivity index (χ0v) is 12.7. The van der Waals surface area contributed by atoms with Crippen molar-refractivity contribution in [2.24, 2.45) is 0 Å². The lowest BCUT2D eigenvalue weighted by Crippen LogP contribution is -2.43. The minimum atomic E-state index is -1.87. The third kappa shape index (κ3) is 3.49. The van der Waals surface area contributed by atoms with Gasteiger partial charge in [0.05, 0.1) is 11.6 Å². The highest BCUT2D eigenvalue weighted by Gasteiger charge is 2.39. The van der Waals surface area contributed by atoms with Crippen LogP contribution in [0.2, 0.25) is 23.2 Å². The Labute approximate surface area is 109 Å². The highest BCUT2D eigenvalue weighted by Crippen LogP contribution is 2.37. The van der Waals surface area contributed by atoms with Crippen molar-refractivity contribution in [3.8, 4) is 11.8 Å². The van der Waals surface area contributed by atoms with Gasteiger partial charge in [0.15, 0.2) is 0 Å². The van der Waals surface area contributed by atoms with Crippen LogP contribution in [0.3, 0.4) is 0 Å². The molecule has 2 nitrogen and oxygen atoms in total. The van der Waals surface area contributed by atoms with Crippen LogP contribution in [-0.4, -0.2) is 8.32 Å². The van der Waals surface area contributed by atoms with E-state index >= 15 is 0 Å². The van der Waals surface area contributed by atoms with Crippen LogP contribution < -0.4 is 4.43 Å². The summed E-state index contributed by atoms with van der Waals surface area (Å²) in [6, 6.07) is 7.23. The van der Waals surface area contributed by atoms with Crippen molar-refractivity contribution < 1.29 is 4.43 Å². The van der Waals surface area contributed by atoms with Gasteiger partial charge in [-0.15, -0.1) is 0 Å². The molecule has 0 aliphatic heterocycles. The number of nitrogens with zero attached hydrogens (tertiary/aromatic N) is 1. The van der Waals surface area contributed by atoms with Gasteiger partial charge in [0.25, 0.3) is 0 Å². The van der Waals surface area contributed by atoms with E-state index in [-0.39, 0.29) is 5.04 Å². The van der Waals surface area contributed by atoms with Crippen molar-refractivity contribution in [2.75, 3.05) is 0 Å². The first-order valence-electron chi connectivity index (χ1n) is 5.55. The Bertz CT molecular complexity index is 457. The largest absolute Gasteiger partial charge is 0.543 e. The predicted octanol–water partition coefficient (Wildman–Crippen LogP) is 4.60. The molecule has 0 N–H and O–H groups in total. The normalized spacial score (nSPS) is 12.1. The number of hydrogen-bond donors (Lipinski definition) is 0. The zero-order chi connectivity index (χ0) is 13.3. The second-order valence-corrected chi connectivity index (χ2v) is 10.8. The van der Waals surface area contributed by atoms with Crippen LogP contribution in [0.5, 0.6) is 5.75 Å². The van der Waals surface area contributed by atoms with Crippen molar-refractivity contribution in [2.45, 2.75) is 38.9 Å². The first kappa shape index (κ1) is 14.1. The van der Waals surface area contributed by atoms with Gasteiger partial charge in [-0.1, -0.05) is 32.4 Å². The van der Waals surface area contributed by atoms with E-state index in [0.29, 0.717) is 16.3 Å². The van der Waals surface area contributed by atoms with Gasteiger partial charge in [0.1, 0.15) is 5.75 Å². The molecular formula is C13H18ClNOSi. The molecule has 0 bridgehead atoms. The van der Waals surface area contributed by atoms with Crippen LogP contribution in [0, 0.1) is 11.3 Å². The van der Waals surface area contributed by atoms with Crippen molar-refractivity contribution >= 4 is 19.9 Å². The molecule has 0 radical (unpaired) electrons. The van der Waals surface area contributed by atoms with Crippen LogP contribution in [-0.2, 0) is 0 Å². The number of rotatable bonds is 2. The lowest BCUT2D eigenvalue weighted by atomic mass is 10.2. The lowest BCUT2D eigenvalue weighted by Gasteiger charge is -2.36. The Hall–Kier alpha value is -0.983. The van der Waals surface area contributed by atoms with Crippen LogP contribution in [0.4, 0.5) is 0 Å². The predicted molar refractivity (Wildman–Crippen MR) is 74.0 cm³/mol. The van der Waals surface area contributed by atoms with Crippen molar-refractivity contribution in [3.63, 3.8) is 0 Å². The first-order chi connectivity index (χ1) is 7.65. The summed E-state index contributed by atoms with van der Waals surface area (Å²) in [4.78, 5) is 0. The molecule has 1 aromatic rings. The SMILES string of the molecule is CC(C)(C)[Si](C)(C)Oc1cc(Cl)cc(C#N)c1. The molecule has 4 heteroatoms. The van der Waals surface area contributed by atoms with E-state index < -0.39 is 8.32 Å². The topological polar surface area (TPSA) is 33.0 Å². The summed E-state index contributed by atoms with van der Waals surface area (Å²) in [7, 11) is -1.87. The van der Waals surface area contributed by atoms with E-state index in [1.807, 2.05) is 0 Å². The van der Waals surface area contributed by atoms with E-state index in [2.05, 4.69) is 39.9 Å². The van der Waals surface area contributed by atoms with Gasteiger partial charge >= 0.3 is 0 Å². The molecular weight excluding hydrogens is 250 g/mol. The van der Waals surface area contributed by atoms with Gasteiger partial charge in [0, 0.05) is 5.02 Å². The van der Waals surface area contributed by atoms with Crippen molar-refractivity contribution in [1.29, 1.82) is 5.26 Å². The summed E-state index contributed by atoms with van der Waals surface area (Å²) in [5.41, 5.74) is 0.534. The zero-order valence-electron chi connectivity index (χ0n) is 11.0. The molecule has 0 saturated heterocycles. The number of hydrogen-bond acceptors (Lipinski definition) is 2. The molecule has 92 valence electrons. The Kier molecular flexibility index (Phi) is 3.90. The third-order valence-electron chi connectivity index (χ3n) is 3.18. The van der Waals surface area contributed by atoms with Gasteiger partial charge in [-0.05, 0) is 36.3 Å². The Balaban J connectivity index is 3.04. The maximum Gasteiger partial charge on any atom is 0.250 e. The molecule has 0 aliphatic carbocycles. The summed E-state index contributed by atoms with van der Waals surface area (Å²) in [5, 5.41) is 9.56. The number of halogens is 1. The van der Waals surface area contributed by atoms with Crippen LogP contribution in [0.1, 0.15) is 26.3 Å². The van der Waals surface area contributed by atoms with E-state index in [1.54, 1.807) is 18.2 Å². The van der Waals surface area contributed by atoms with Crippen LogP contribution in [0.15, 0.2) is 18.2 Å². The number of benzene rings is 1. The van der Waals surface area contributed by atoms with Gasteiger partial charge in [0.2, 0.25) is 8.32 Å².